The molecule has 1 rings (SSSR count). The van der Waals surface area contributed by atoms with Crippen LogP contribution in [0.2, 0.25) is 5.02 Å². The highest BCUT2D eigenvalue weighted by atomic mass is 35.5. The highest BCUT2D eigenvalue weighted by Gasteiger charge is 2.19. The summed E-state index contributed by atoms with van der Waals surface area (Å²) in [6.07, 6.45) is 0. The summed E-state index contributed by atoms with van der Waals surface area (Å²) in [5, 5.41) is 0.733. The van der Waals surface area contributed by atoms with Crippen molar-refractivity contribution in [2.75, 3.05) is 0 Å². The first kappa shape index (κ1) is 17.5. The van der Waals surface area contributed by atoms with E-state index in [-0.39, 0.29) is 12.0 Å². The predicted octanol–water partition coefficient (Wildman–Crippen LogP) is 5.10. The summed E-state index contributed by atoms with van der Waals surface area (Å²) in [5.41, 5.74) is 11.0. The Labute approximate surface area is 133 Å². The van der Waals surface area contributed by atoms with Gasteiger partial charge in [0, 0.05) is 28.3 Å². The van der Waals surface area contributed by atoms with Crippen LogP contribution in [0.15, 0.2) is 52.7 Å². The lowest BCUT2D eigenvalue weighted by Gasteiger charge is -2.21. The summed E-state index contributed by atoms with van der Waals surface area (Å²) < 4.78 is 0. The maximum absolute atomic E-state index is 6.15. The van der Waals surface area contributed by atoms with Crippen molar-refractivity contribution in [3.05, 3.63) is 58.3 Å². The van der Waals surface area contributed by atoms with Crippen molar-refractivity contribution in [1.82, 2.24) is 0 Å². The van der Waals surface area contributed by atoms with E-state index in [2.05, 4.69) is 27.4 Å². The zero-order valence-corrected chi connectivity index (χ0v) is 14.3. The average Bonchev–Trinajstić information content (AvgIpc) is 2.37. The van der Waals surface area contributed by atoms with E-state index in [1.165, 1.54) is 0 Å². The summed E-state index contributed by atoms with van der Waals surface area (Å²) in [6, 6.07) is 8.06. The van der Waals surface area contributed by atoms with Crippen molar-refractivity contribution in [3.8, 4) is 0 Å². The first-order chi connectivity index (χ1) is 9.73. The zero-order chi connectivity index (χ0) is 16.2. The molecule has 0 spiro atoms. The molecule has 0 aliphatic carbocycles. The number of benzene rings is 1. The number of aliphatic imine (C=N–C) groups is 1. The molecule has 0 saturated carbocycles. The van der Waals surface area contributed by atoms with E-state index in [4.69, 9.17) is 22.3 Å². The van der Waals surface area contributed by atoms with Crippen LogP contribution in [0.4, 0.5) is 0 Å². The van der Waals surface area contributed by atoms with Crippen molar-refractivity contribution in [3.63, 3.8) is 0 Å². The summed E-state index contributed by atoms with van der Waals surface area (Å²) in [7, 11) is 0. The molecule has 0 amide bonds. The van der Waals surface area contributed by atoms with Crippen LogP contribution in [-0.4, -0.2) is 11.8 Å². The van der Waals surface area contributed by atoms with Crippen LogP contribution in [0.1, 0.15) is 46.1 Å². The number of hydrogen-bond acceptors (Lipinski definition) is 2. The third kappa shape index (κ3) is 4.75. The molecule has 1 aromatic rings. The van der Waals surface area contributed by atoms with Crippen LogP contribution in [0.3, 0.4) is 0 Å². The molecule has 0 saturated heterocycles. The molecule has 114 valence electrons. The highest BCUT2D eigenvalue weighted by molar-refractivity contribution is 6.30. The third-order valence-electron chi connectivity index (χ3n) is 3.27. The number of halogens is 1. The highest BCUT2D eigenvalue weighted by Crippen LogP contribution is 2.29. The molecule has 0 aromatic heterocycles. The zero-order valence-electron chi connectivity index (χ0n) is 13.6. The summed E-state index contributed by atoms with van der Waals surface area (Å²) in [4.78, 5) is 4.72. The average molecular weight is 305 g/mol. The Balaban J connectivity index is 3.33. The molecule has 0 fully saturated rings. The molecular weight excluding hydrogens is 280 g/mol. The van der Waals surface area contributed by atoms with Gasteiger partial charge in [0.05, 0.1) is 5.71 Å². The van der Waals surface area contributed by atoms with Gasteiger partial charge in [-0.2, -0.15) is 0 Å². The summed E-state index contributed by atoms with van der Waals surface area (Å²) in [5.74, 6) is 0.140. The monoisotopic (exact) mass is 304 g/mol. The van der Waals surface area contributed by atoms with Crippen LogP contribution in [0.25, 0.3) is 0 Å². The van der Waals surface area contributed by atoms with Gasteiger partial charge >= 0.3 is 0 Å². The second-order valence-corrected chi connectivity index (χ2v) is 6.16. The van der Waals surface area contributed by atoms with Gasteiger partial charge in [-0.3, -0.25) is 4.99 Å². The minimum Gasteiger partial charge on any atom is -0.402 e. The quantitative estimate of drug-likeness (QED) is 0.755. The number of nitrogens with two attached hydrogens (primary N) is 1. The van der Waals surface area contributed by atoms with E-state index in [9.17, 15) is 0 Å². The van der Waals surface area contributed by atoms with Gasteiger partial charge in [0.15, 0.2) is 0 Å². The van der Waals surface area contributed by atoms with Crippen molar-refractivity contribution >= 4 is 17.3 Å². The van der Waals surface area contributed by atoms with Gasteiger partial charge in [0.25, 0.3) is 0 Å². The Hall–Kier alpha value is -1.54. The maximum Gasteiger partial charge on any atom is 0.0655 e. The lowest BCUT2D eigenvalue weighted by molar-refractivity contribution is 0.827. The fourth-order valence-electron chi connectivity index (χ4n) is 2.32. The Morgan fingerprint density at radius 1 is 1.14 bits per heavy atom. The Morgan fingerprint density at radius 3 is 2.05 bits per heavy atom. The molecule has 2 N–H and O–H groups in total. The van der Waals surface area contributed by atoms with Crippen LogP contribution >= 0.6 is 11.6 Å². The molecule has 1 unspecified atom stereocenters. The molecule has 21 heavy (non-hydrogen) atoms. The first-order valence-corrected chi connectivity index (χ1v) is 7.57. The fraction of sp³-hybridized carbons (Fsp3) is 0.389. The Bertz CT molecular complexity index is 561. The summed E-state index contributed by atoms with van der Waals surface area (Å²) >= 11 is 5.97. The van der Waals surface area contributed by atoms with Gasteiger partial charge in [-0.05, 0) is 51.0 Å². The van der Waals surface area contributed by atoms with Gasteiger partial charge in [-0.15, -0.1) is 0 Å². The smallest absolute Gasteiger partial charge is 0.0655 e. The van der Waals surface area contributed by atoms with Crippen molar-refractivity contribution in [2.45, 2.75) is 46.6 Å². The van der Waals surface area contributed by atoms with Crippen LogP contribution < -0.4 is 5.73 Å². The second kappa shape index (κ2) is 7.46. The van der Waals surface area contributed by atoms with Crippen LogP contribution in [0.5, 0.6) is 0 Å². The molecule has 0 radical (unpaired) electrons. The van der Waals surface area contributed by atoms with Crippen molar-refractivity contribution in [1.29, 1.82) is 0 Å². The Kier molecular flexibility index (Phi) is 6.22. The van der Waals surface area contributed by atoms with E-state index in [1.807, 2.05) is 38.1 Å². The predicted molar refractivity (Wildman–Crippen MR) is 94.1 cm³/mol. The van der Waals surface area contributed by atoms with Crippen molar-refractivity contribution < 1.29 is 0 Å². The summed E-state index contributed by atoms with van der Waals surface area (Å²) in [6.45, 7) is 14.2. The Morgan fingerprint density at radius 2 is 1.67 bits per heavy atom. The molecule has 2 nitrogen and oxygen atoms in total. The van der Waals surface area contributed by atoms with Crippen molar-refractivity contribution in [2.24, 2.45) is 10.7 Å². The van der Waals surface area contributed by atoms with Gasteiger partial charge < -0.3 is 5.73 Å². The normalized spacial score (nSPS) is 14.9. The number of hydrogen-bond donors (Lipinski definition) is 1. The van der Waals surface area contributed by atoms with Gasteiger partial charge in [-0.25, -0.2) is 0 Å². The van der Waals surface area contributed by atoms with Gasteiger partial charge in [-0.1, -0.05) is 37.2 Å². The minimum atomic E-state index is 0.140. The largest absolute Gasteiger partial charge is 0.402 e. The SMILES string of the molecule is C=C(C)C(=NC(C)C)C(=C(C)N)C(C)c1ccc(Cl)cc1. The standard InChI is InChI=1S/C18H25ClN2/c1-11(2)18(21-12(3)4)17(14(6)20)13(5)15-7-9-16(19)10-8-15/h7-10,12-13H,1,20H2,2-6H3. The molecule has 0 aliphatic rings. The molecule has 0 heterocycles. The van der Waals surface area contributed by atoms with E-state index < -0.39 is 0 Å². The van der Waals surface area contributed by atoms with Crippen LogP contribution in [0, 0.1) is 0 Å². The van der Waals surface area contributed by atoms with Gasteiger partial charge in [0.1, 0.15) is 0 Å². The molecule has 1 aromatic carbocycles. The first-order valence-electron chi connectivity index (χ1n) is 7.19. The fourth-order valence-corrected chi connectivity index (χ4v) is 2.45. The lowest BCUT2D eigenvalue weighted by Crippen LogP contribution is -2.17. The van der Waals surface area contributed by atoms with E-state index in [0.717, 1.165) is 33.1 Å². The van der Waals surface area contributed by atoms with Gasteiger partial charge in [0.2, 0.25) is 0 Å². The lowest BCUT2D eigenvalue weighted by atomic mass is 9.86. The molecule has 0 bridgehead atoms. The second-order valence-electron chi connectivity index (χ2n) is 5.72. The maximum atomic E-state index is 6.15. The topological polar surface area (TPSA) is 38.4 Å². The molecule has 1 atom stereocenters. The number of rotatable bonds is 5. The molecule has 0 aliphatic heterocycles. The van der Waals surface area contributed by atoms with E-state index >= 15 is 0 Å². The third-order valence-corrected chi connectivity index (χ3v) is 3.53. The molecule has 3 heteroatoms. The number of allylic oxidation sites excluding steroid dienone is 3. The van der Waals surface area contributed by atoms with E-state index in [0.29, 0.717) is 0 Å². The molecular formula is C18H25ClN2. The minimum absolute atomic E-state index is 0.140. The van der Waals surface area contributed by atoms with Crippen LogP contribution in [-0.2, 0) is 0 Å². The number of nitrogens with zero attached hydrogens (tertiary/aromatic N) is 1. The van der Waals surface area contributed by atoms with E-state index in [1.54, 1.807) is 0 Å².